The zero-order chi connectivity index (χ0) is 10.5. The lowest BCUT2D eigenvalue weighted by Gasteiger charge is -2.27. The largest absolute Gasteiger partial charge is 0.381 e. The molecule has 0 aromatic carbocycles. The van der Waals surface area contributed by atoms with Gasteiger partial charge in [0.25, 0.3) is 0 Å². The number of piperidine rings is 1. The molecule has 2 aliphatic rings. The van der Waals surface area contributed by atoms with Gasteiger partial charge in [0.15, 0.2) is 0 Å². The van der Waals surface area contributed by atoms with Gasteiger partial charge in [-0.25, -0.2) is 0 Å². The Morgan fingerprint density at radius 3 is 2.81 bits per heavy atom. The van der Waals surface area contributed by atoms with Crippen molar-refractivity contribution in [2.45, 2.75) is 31.7 Å². The number of carbonyl (C=O) groups excluding carboxylic acids is 1. The van der Waals surface area contributed by atoms with E-state index < -0.39 is 0 Å². The summed E-state index contributed by atoms with van der Waals surface area (Å²) >= 11 is 0. The molecule has 2 saturated heterocycles. The number of hydrogen-bond acceptors (Lipinski definition) is 3. The topological polar surface area (TPSA) is 50.4 Å². The first kappa shape index (κ1) is 13.7. The van der Waals surface area contributed by atoms with Gasteiger partial charge in [-0.3, -0.25) is 4.79 Å². The maximum absolute atomic E-state index is 11.8. The van der Waals surface area contributed by atoms with Crippen molar-refractivity contribution in [2.24, 2.45) is 5.92 Å². The van der Waals surface area contributed by atoms with Crippen LogP contribution in [-0.4, -0.2) is 38.3 Å². The molecular weight excluding hydrogens is 228 g/mol. The molecule has 0 aliphatic carbocycles. The second-order valence-electron chi connectivity index (χ2n) is 4.47. The highest BCUT2D eigenvalue weighted by molar-refractivity contribution is 5.85. The van der Waals surface area contributed by atoms with Gasteiger partial charge in [-0.2, -0.15) is 0 Å². The lowest BCUT2D eigenvalue weighted by molar-refractivity contribution is -0.129. The molecule has 1 amide bonds. The molecule has 0 radical (unpaired) electrons. The van der Waals surface area contributed by atoms with Crippen molar-refractivity contribution < 1.29 is 9.53 Å². The number of amides is 1. The standard InChI is InChI=1S/C11H20N2O2.ClH/c14-11(9-3-2-6-15-8-9)13-10-4-1-5-12-7-10;/h9-10,12H,1-8H2,(H,13,14);1H/t9?,10-;/m0./s1. The van der Waals surface area contributed by atoms with Crippen LogP contribution in [0.5, 0.6) is 0 Å². The first-order valence-electron chi connectivity index (χ1n) is 5.95. The molecule has 0 spiro atoms. The minimum absolute atomic E-state index is 0. The maximum atomic E-state index is 11.8. The molecule has 2 rings (SSSR count). The third kappa shape index (κ3) is 3.92. The fourth-order valence-electron chi connectivity index (χ4n) is 2.24. The normalized spacial score (nSPS) is 30.2. The number of rotatable bonds is 2. The molecule has 16 heavy (non-hydrogen) atoms. The monoisotopic (exact) mass is 248 g/mol. The van der Waals surface area contributed by atoms with Crippen molar-refractivity contribution in [1.82, 2.24) is 10.6 Å². The summed E-state index contributed by atoms with van der Waals surface area (Å²) in [5, 5.41) is 6.40. The molecule has 4 nitrogen and oxygen atoms in total. The molecule has 0 aromatic heterocycles. The van der Waals surface area contributed by atoms with Crippen LogP contribution in [0, 0.1) is 5.92 Å². The van der Waals surface area contributed by atoms with Gasteiger partial charge in [-0.15, -0.1) is 12.4 Å². The lowest BCUT2D eigenvalue weighted by atomic mass is 10.00. The van der Waals surface area contributed by atoms with E-state index in [1.807, 2.05) is 0 Å². The van der Waals surface area contributed by atoms with Gasteiger partial charge in [0.2, 0.25) is 5.91 Å². The summed E-state index contributed by atoms with van der Waals surface area (Å²) < 4.78 is 5.32. The first-order valence-corrected chi connectivity index (χ1v) is 5.95. The van der Waals surface area contributed by atoms with Crippen molar-refractivity contribution in [3.05, 3.63) is 0 Å². The quantitative estimate of drug-likeness (QED) is 0.757. The second-order valence-corrected chi connectivity index (χ2v) is 4.47. The molecule has 1 unspecified atom stereocenters. The predicted molar refractivity (Wildman–Crippen MR) is 64.8 cm³/mol. The van der Waals surface area contributed by atoms with E-state index in [0.717, 1.165) is 45.4 Å². The summed E-state index contributed by atoms with van der Waals surface area (Å²) in [6.45, 7) is 3.42. The molecule has 94 valence electrons. The highest BCUT2D eigenvalue weighted by atomic mass is 35.5. The second kappa shape index (κ2) is 7.09. The average Bonchev–Trinajstić information content (AvgIpc) is 2.31. The van der Waals surface area contributed by atoms with Crippen LogP contribution in [0.2, 0.25) is 0 Å². The number of hydrogen-bond donors (Lipinski definition) is 2. The zero-order valence-electron chi connectivity index (χ0n) is 9.54. The van der Waals surface area contributed by atoms with Crippen LogP contribution in [0.25, 0.3) is 0 Å². The SMILES string of the molecule is Cl.O=C(N[C@H]1CCCNC1)C1CCCOC1. The van der Waals surface area contributed by atoms with Crippen molar-refractivity contribution in [3.8, 4) is 0 Å². The minimum Gasteiger partial charge on any atom is -0.381 e. The maximum Gasteiger partial charge on any atom is 0.225 e. The molecule has 2 aliphatic heterocycles. The third-order valence-electron chi connectivity index (χ3n) is 3.17. The van der Waals surface area contributed by atoms with Crippen LogP contribution in [0.15, 0.2) is 0 Å². The smallest absolute Gasteiger partial charge is 0.225 e. The predicted octanol–water partition coefficient (Wildman–Crippen LogP) is 0.703. The Labute approximate surface area is 103 Å². The summed E-state index contributed by atoms with van der Waals surface area (Å²) in [5.74, 6) is 0.268. The van der Waals surface area contributed by atoms with Crippen molar-refractivity contribution in [1.29, 1.82) is 0 Å². The summed E-state index contributed by atoms with van der Waals surface area (Å²) in [7, 11) is 0. The molecular formula is C11H21ClN2O2. The van der Waals surface area contributed by atoms with E-state index in [4.69, 9.17) is 4.74 Å². The summed E-state index contributed by atoms with van der Waals surface area (Å²) in [6, 6.07) is 0.327. The van der Waals surface area contributed by atoms with Crippen LogP contribution in [0.1, 0.15) is 25.7 Å². The van der Waals surface area contributed by atoms with Crippen molar-refractivity contribution in [2.75, 3.05) is 26.3 Å². The van der Waals surface area contributed by atoms with Crippen LogP contribution >= 0.6 is 12.4 Å². The number of carbonyl (C=O) groups is 1. The number of nitrogens with one attached hydrogen (secondary N) is 2. The van der Waals surface area contributed by atoms with E-state index in [2.05, 4.69) is 10.6 Å². The van der Waals surface area contributed by atoms with E-state index >= 15 is 0 Å². The highest BCUT2D eigenvalue weighted by Gasteiger charge is 2.24. The Kier molecular flexibility index (Phi) is 6.09. The Bertz CT molecular complexity index is 214. The molecule has 0 aromatic rings. The van der Waals surface area contributed by atoms with Gasteiger partial charge < -0.3 is 15.4 Å². The Balaban J connectivity index is 0.00000128. The molecule has 2 heterocycles. The molecule has 2 atom stereocenters. The van der Waals surface area contributed by atoms with Crippen LogP contribution < -0.4 is 10.6 Å². The van der Waals surface area contributed by atoms with Crippen LogP contribution in [0.3, 0.4) is 0 Å². The van der Waals surface area contributed by atoms with Crippen molar-refractivity contribution in [3.63, 3.8) is 0 Å². The number of ether oxygens (including phenoxy) is 1. The molecule has 5 heteroatoms. The molecule has 2 fully saturated rings. The Hall–Kier alpha value is -0.320. The van der Waals surface area contributed by atoms with Gasteiger partial charge in [0, 0.05) is 19.2 Å². The van der Waals surface area contributed by atoms with E-state index in [1.54, 1.807) is 0 Å². The Morgan fingerprint density at radius 2 is 2.19 bits per heavy atom. The lowest BCUT2D eigenvalue weighted by Crippen LogP contribution is -2.48. The molecule has 0 bridgehead atoms. The van der Waals surface area contributed by atoms with E-state index in [1.165, 1.54) is 0 Å². The summed E-state index contributed by atoms with van der Waals surface area (Å²) in [6.07, 6.45) is 4.26. The van der Waals surface area contributed by atoms with Crippen LogP contribution in [-0.2, 0) is 9.53 Å². The van der Waals surface area contributed by atoms with Crippen molar-refractivity contribution >= 4 is 18.3 Å². The summed E-state index contributed by atoms with van der Waals surface area (Å²) in [5.41, 5.74) is 0. The van der Waals surface area contributed by atoms with Gasteiger partial charge >= 0.3 is 0 Å². The van der Waals surface area contributed by atoms with E-state index in [-0.39, 0.29) is 24.2 Å². The molecule has 2 N–H and O–H groups in total. The zero-order valence-corrected chi connectivity index (χ0v) is 10.4. The minimum atomic E-state index is 0. The Morgan fingerprint density at radius 1 is 1.31 bits per heavy atom. The average molecular weight is 249 g/mol. The third-order valence-corrected chi connectivity index (χ3v) is 3.17. The fourth-order valence-corrected chi connectivity index (χ4v) is 2.24. The molecule has 0 saturated carbocycles. The first-order chi connectivity index (χ1) is 7.36. The van der Waals surface area contributed by atoms with Crippen LogP contribution in [0.4, 0.5) is 0 Å². The number of halogens is 1. The van der Waals surface area contributed by atoms with Gasteiger partial charge in [-0.05, 0) is 32.2 Å². The van der Waals surface area contributed by atoms with Gasteiger partial charge in [-0.1, -0.05) is 0 Å². The summed E-state index contributed by atoms with van der Waals surface area (Å²) in [4.78, 5) is 11.8. The van der Waals surface area contributed by atoms with E-state index in [9.17, 15) is 4.79 Å². The van der Waals surface area contributed by atoms with Gasteiger partial charge in [0.1, 0.15) is 0 Å². The van der Waals surface area contributed by atoms with E-state index in [0.29, 0.717) is 12.6 Å². The highest BCUT2D eigenvalue weighted by Crippen LogP contribution is 2.14. The van der Waals surface area contributed by atoms with Gasteiger partial charge in [0.05, 0.1) is 12.5 Å². The fraction of sp³-hybridized carbons (Fsp3) is 0.909.